The normalized spacial score (nSPS) is 11.9. The van der Waals surface area contributed by atoms with Crippen LogP contribution < -0.4 is 10.6 Å². The number of rotatable bonds is 8. The largest absolute Gasteiger partial charge is 0.348 e. The van der Waals surface area contributed by atoms with E-state index in [2.05, 4.69) is 17.6 Å². The van der Waals surface area contributed by atoms with Crippen molar-refractivity contribution in [2.45, 2.75) is 65.3 Å². The van der Waals surface area contributed by atoms with Gasteiger partial charge >= 0.3 is 11.8 Å². The molecule has 0 fully saturated rings. The first-order chi connectivity index (χ1) is 8.11. The smallest absolute Gasteiger partial charge is 0.309 e. The van der Waals surface area contributed by atoms with E-state index in [0.29, 0.717) is 6.54 Å². The van der Waals surface area contributed by atoms with Crippen LogP contribution in [0.25, 0.3) is 0 Å². The second-order valence-corrected chi connectivity index (χ2v) is 4.45. The van der Waals surface area contributed by atoms with E-state index in [0.717, 1.165) is 19.3 Å². The van der Waals surface area contributed by atoms with Gasteiger partial charge in [0.05, 0.1) is 0 Å². The average molecular weight is 242 g/mol. The molecule has 0 aromatic carbocycles. The van der Waals surface area contributed by atoms with Crippen LogP contribution in [0, 0.1) is 0 Å². The molecule has 0 aromatic heterocycles. The van der Waals surface area contributed by atoms with Crippen LogP contribution in [0.4, 0.5) is 0 Å². The van der Waals surface area contributed by atoms with E-state index in [4.69, 9.17) is 0 Å². The summed E-state index contributed by atoms with van der Waals surface area (Å²) in [7, 11) is 0. The summed E-state index contributed by atoms with van der Waals surface area (Å²) >= 11 is 0. The monoisotopic (exact) mass is 242 g/mol. The van der Waals surface area contributed by atoms with E-state index in [1.165, 1.54) is 19.3 Å². The van der Waals surface area contributed by atoms with Gasteiger partial charge in [0.1, 0.15) is 0 Å². The molecule has 4 heteroatoms. The predicted molar refractivity (Wildman–Crippen MR) is 69.7 cm³/mol. The van der Waals surface area contributed by atoms with Gasteiger partial charge in [0.2, 0.25) is 0 Å². The zero-order valence-electron chi connectivity index (χ0n) is 11.3. The molecule has 0 heterocycles. The van der Waals surface area contributed by atoms with E-state index in [1.807, 2.05) is 13.8 Å². The number of hydrogen-bond donors (Lipinski definition) is 2. The van der Waals surface area contributed by atoms with Crippen molar-refractivity contribution in [1.29, 1.82) is 0 Å². The summed E-state index contributed by atoms with van der Waals surface area (Å²) in [5.41, 5.74) is 0. The van der Waals surface area contributed by atoms with Crippen LogP contribution in [-0.2, 0) is 9.59 Å². The summed E-state index contributed by atoms with van der Waals surface area (Å²) in [5.74, 6) is -1.03. The number of carbonyl (C=O) groups excluding carboxylic acids is 2. The average Bonchev–Trinajstić information content (AvgIpc) is 2.32. The lowest BCUT2D eigenvalue weighted by Gasteiger charge is -2.11. The Morgan fingerprint density at radius 1 is 1.00 bits per heavy atom. The molecule has 0 aliphatic heterocycles. The maximum atomic E-state index is 11.4. The first-order valence-electron chi connectivity index (χ1n) is 6.70. The van der Waals surface area contributed by atoms with Gasteiger partial charge in [0.25, 0.3) is 0 Å². The fourth-order valence-corrected chi connectivity index (χ4v) is 1.40. The zero-order chi connectivity index (χ0) is 13.1. The van der Waals surface area contributed by atoms with Gasteiger partial charge in [-0.3, -0.25) is 9.59 Å². The van der Waals surface area contributed by atoms with Crippen LogP contribution in [0.1, 0.15) is 59.3 Å². The summed E-state index contributed by atoms with van der Waals surface area (Å²) < 4.78 is 0. The predicted octanol–water partition coefficient (Wildman–Crippen LogP) is 1.99. The molecule has 0 aromatic rings. The Balaban J connectivity index is 3.54. The van der Waals surface area contributed by atoms with Crippen LogP contribution in [0.3, 0.4) is 0 Å². The molecular formula is C13H26N2O2. The van der Waals surface area contributed by atoms with Crippen LogP contribution in [0.2, 0.25) is 0 Å². The molecule has 100 valence electrons. The Bertz CT molecular complexity index is 229. The van der Waals surface area contributed by atoms with Gasteiger partial charge in [-0.25, -0.2) is 0 Å². The third kappa shape index (κ3) is 8.72. The summed E-state index contributed by atoms with van der Waals surface area (Å²) in [5, 5.41) is 5.28. The lowest BCUT2D eigenvalue weighted by atomic mass is 10.1. The van der Waals surface area contributed by atoms with Gasteiger partial charge in [0.15, 0.2) is 0 Å². The Hall–Kier alpha value is -1.06. The quantitative estimate of drug-likeness (QED) is 0.505. The van der Waals surface area contributed by atoms with E-state index >= 15 is 0 Å². The van der Waals surface area contributed by atoms with Crippen molar-refractivity contribution in [2.75, 3.05) is 6.54 Å². The summed E-state index contributed by atoms with van der Waals surface area (Å²) in [6.45, 7) is 6.62. The van der Waals surface area contributed by atoms with Crippen LogP contribution in [0.15, 0.2) is 0 Å². The van der Waals surface area contributed by atoms with Crippen LogP contribution in [0.5, 0.6) is 0 Å². The van der Waals surface area contributed by atoms with Crippen molar-refractivity contribution in [3.05, 3.63) is 0 Å². The van der Waals surface area contributed by atoms with Gasteiger partial charge in [-0.1, -0.05) is 39.5 Å². The molecule has 0 saturated heterocycles. The third-order valence-electron chi connectivity index (χ3n) is 2.76. The molecule has 1 atom stereocenters. The highest BCUT2D eigenvalue weighted by molar-refractivity contribution is 6.35. The highest BCUT2D eigenvalue weighted by Gasteiger charge is 2.13. The third-order valence-corrected chi connectivity index (χ3v) is 2.76. The fourth-order valence-electron chi connectivity index (χ4n) is 1.40. The topological polar surface area (TPSA) is 58.2 Å². The molecule has 17 heavy (non-hydrogen) atoms. The van der Waals surface area contributed by atoms with Crippen molar-refractivity contribution < 1.29 is 9.59 Å². The van der Waals surface area contributed by atoms with E-state index < -0.39 is 11.8 Å². The van der Waals surface area contributed by atoms with Crippen LogP contribution in [-0.4, -0.2) is 24.4 Å². The number of amides is 2. The molecule has 0 bridgehead atoms. The first-order valence-corrected chi connectivity index (χ1v) is 6.70. The minimum Gasteiger partial charge on any atom is -0.348 e. The number of hydrogen-bond acceptors (Lipinski definition) is 2. The lowest BCUT2D eigenvalue weighted by molar-refractivity contribution is -0.139. The molecule has 0 rings (SSSR count). The molecule has 0 radical (unpaired) electrons. The standard InChI is InChI=1S/C13H26N2O2/c1-4-6-7-8-9-10-14-12(16)13(17)15-11(3)5-2/h11H,4-10H2,1-3H3,(H,14,16)(H,15,17)/t11-/m0/s1. The van der Waals surface area contributed by atoms with Crippen molar-refractivity contribution in [2.24, 2.45) is 0 Å². The number of nitrogens with one attached hydrogen (secondary N) is 2. The minimum atomic E-state index is -0.520. The minimum absolute atomic E-state index is 0.0535. The van der Waals surface area contributed by atoms with Crippen molar-refractivity contribution >= 4 is 11.8 Å². The van der Waals surface area contributed by atoms with Crippen LogP contribution >= 0.6 is 0 Å². The molecule has 2 N–H and O–H groups in total. The molecule has 0 spiro atoms. The number of carbonyl (C=O) groups is 2. The Labute approximate surface area is 105 Å². The van der Waals surface area contributed by atoms with E-state index in [-0.39, 0.29) is 6.04 Å². The van der Waals surface area contributed by atoms with Gasteiger partial charge in [-0.15, -0.1) is 0 Å². The first kappa shape index (κ1) is 15.9. The Morgan fingerprint density at radius 3 is 2.24 bits per heavy atom. The zero-order valence-corrected chi connectivity index (χ0v) is 11.3. The molecule has 4 nitrogen and oxygen atoms in total. The Morgan fingerprint density at radius 2 is 1.65 bits per heavy atom. The summed E-state index contributed by atoms with van der Waals surface area (Å²) in [6, 6.07) is 0.0535. The Kier molecular flexibility index (Phi) is 9.49. The van der Waals surface area contributed by atoms with E-state index in [9.17, 15) is 9.59 Å². The SMILES string of the molecule is CCCCCCCNC(=O)C(=O)N[C@@H](C)CC. The highest BCUT2D eigenvalue weighted by Crippen LogP contribution is 2.00. The van der Waals surface area contributed by atoms with Gasteiger partial charge in [-0.05, 0) is 19.8 Å². The molecule has 0 aliphatic carbocycles. The molecule has 2 amide bonds. The summed E-state index contributed by atoms with van der Waals surface area (Å²) in [4.78, 5) is 22.7. The van der Waals surface area contributed by atoms with E-state index in [1.54, 1.807) is 0 Å². The molecule has 0 aliphatic rings. The van der Waals surface area contributed by atoms with Gasteiger partial charge < -0.3 is 10.6 Å². The second kappa shape index (κ2) is 10.1. The lowest BCUT2D eigenvalue weighted by Crippen LogP contribution is -2.43. The van der Waals surface area contributed by atoms with Crippen molar-refractivity contribution in [3.8, 4) is 0 Å². The highest BCUT2D eigenvalue weighted by atomic mass is 16.2. The molecule has 0 unspecified atom stereocenters. The second-order valence-electron chi connectivity index (χ2n) is 4.45. The maximum Gasteiger partial charge on any atom is 0.309 e. The maximum absolute atomic E-state index is 11.4. The molecule has 0 saturated carbocycles. The van der Waals surface area contributed by atoms with Gasteiger partial charge in [0, 0.05) is 12.6 Å². The van der Waals surface area contributed by atoms with Gasteiger partial charge in [-0.2, -0.15) is 0 Å². The fraction of sp³-hybridized carbons (Fsp3) is 0.846. The number of unbranched alkanes of at least 4 members (excludes halogenated alkanes) is 4. The van der Waals surface area contributed by atoms with Crippen molar-refractivity contribution in [1.82, 2.24) is 10.6 Å². The molecular weight excluding hydrogens is 216 g/mol. The summed E-state index contributed by atoms with van der Waals surface area (Å²) in [6.07, 6.45) is 6.54. The van der Waals surface area contributed by atoms with Crippen molar-refractivity contribution in [3.63, 3.8) is 0 Å².